The van der Waals surface area contributed by atoms with Gasteiger partial charge >= 0.3 is 6.09 Å². The number of nitrogens with one attached hydrogen (secondary N) is 1. The lowest BCUT2D eigenvalue weighted by Crippen LogP contribution is -2.18. The smallest absolute Gasteiger partial charge is 0.411 e. The van der Waals surface area contributed by atoms with Crippen molar-refractivity contribution in [2.75, 3.05) is 11.9 Å². The van der Waals surface area contributed by atoms with Crippen LogP contribution >= 0.6 is 0 Å². The Morgan fingerprint density at radius 1 is 1.04 bits per heavy atom. The summed E-state index contributed by atoms with van der Waals surface area (Å²) < 4.78 is 5.51. The highest BCUT2D eigenvalue weighted by Crippen LogP contribution is 2.44. The van der Waals surface area contributed by atoms with Crippen molar-refractivity contribution in [3.63, 3.8) is 0 Å². The van der Waals surface area contributed by atoms with Crippen LogP contribution in [0.4, 0.5) is 10.5 Å². The Morgan fingerprint density at radius 3 is 2.29 bits per heavy atom. The third-order valence-electron chi connectivity index (χ3n) is 4.89. The fraction of sp³-hybridized carbons (Fsp3) is 0.0833. The van der Waals surface area contributed by atoms with Crippen molar-refractivity contribution in [3.05, 3.63) is 89.0 Å². The second kappa shape index (κ2) is 7.31. The van der Waals surface area contributed by atoms with Crippen LogP contribution in [0.2, 0.25) is 0 Å². The van der Waals surface area contributed by atoms with Crippen molar-refractivity contribution in [1.29, 1.82) is 5.26 Å². The second-order valence-corrected chi connectivity index (χ2v) is 6.47. The van der Waals surface area contributed by atoms with Crippen molar-refractivity contribution in [2.45, 2.75) is 5.92 Å². The van der Waals surface area contributed by atoms with Crippen LogP contribution in [0.3, 0.4) is 0 Å². The zero-order valence-electron chi connectivity index (χ0n) is 15.0. The molecule has 1 amide bonds. The van der Waals surface area contributed by atoms with E-state index in [1.165, 1.54) is 11.1 Å². The number of carbonyl (C=O) groups excluding carboxylic acids is 1. The van der Waals surface area contributed by atoms with Crippen molar-refractivity contribution < 1.29 is 9.53 Å². The summed E-state index contributed by atoms with van der Waals surface area (Å²) in [4.78, 5) is 12.4. The molecule has 0 bridgehead atoms. The first-order chi connectivity index (χ1) is 13.7. The number of fused-ring (bicyclic) bond motifs is 3. The number of anilines is 1. The lowest BCUT2D eigenvalue weighted by Gasteiger charge is -2.15. The molecule has 0 atom stereocenters. The molecule has 134 valence electrons. The van der Waals surface area contributed by atoms with E-state index in [0.717, 1.165) is 11.1 Å². The number of terminal acetylenes is 1. The summed E-state index contributed by atoms with van der Waals surface area (Å²) in [6.07, 6.45) is 4.78. The number of rotatable bonds is 3. The first-order valence-corrected chi connectivity index (χ1v) is 8.84. The average molecular weight is 364 g/mol. The molecule has 0 saturated carbocycles. The first kappa shape index (κ1) is 17.4. The van der Waals surface area contributed by atoms with E-state index in [4.69, 9.17) is 11.2 Å². The highest BCUT2D eigenvalue weighted by Gasteiger charge is 2.29. The van der Waals surface area contributed by atoms with E-state index < -0.39 is 6.09 Å². The van der Waals surface area contributed by atoms with Crippen LogP contribution in [-0.4, -0.2) is 12.7 Å². The normalized spacial score (nSPS) is 11.6. The molecule has 4 heteroatoms. The number of carbonyl (C=O) groups is 1. The SMILES string of the molecule is C#Cc1ccc(C#N)c(NC(=O)OCC2c3ccccc3-c3ccccc32)c1. The van der Waals surface area contributed by atoms with E-state index in [1.54, 1.807) is 18.2 Å². The molecule has 0 fully saturated rings. The lowest BCUT2D eigenvalue weighted by molar-refractivity contribution is 0.158. The minimum Gasteiger partial charge on any atom is -0.448 e. The minimum atomic E-state index is -0.618. The van der Waals surface area contributed by atoms with Gasteiger partial charge in [0, 0.05) is 11.5 Å². The predicted molar refractivity (Wildman–Crippen MR) is 108 cm³/mol. The van der Waals surface area contributed by atoms with Gasteiger partial charge < -0.3 is 4.74 Å². The van der Waals surface area contributed by atoms with Gasteiger partial charge in [0.05, 0.1) is 11.3 Å². The summed E-state index contributed by atoms with van der Waals surface area (Å²) in [6, 6.07) is 23.1. The molecule has 1 aliphatic rings. The summed E-state index contributed by atoms with van der Waals surface area (Å²) in [5.74, 6) is 2.47. The molecule has 0 aliphatic heterocycles. The molecule has 3 aromatic rings. The average Bonchev–Trinajstić information content (AvgIpc) is 3.06. The summed E-state index contributed by atoms with van der Waals surface area (Å²) in [5.41, 5.74) is 5.86. The molecule has 4 nitrogen and oxygen atoms in total. The quantitative estimate of drug-likeness (QED) is 0.672. The molecule has 0 unspecified atom stereocenters. The maximum absolute atomic E-state index is 12.4. The number of benzene rings is 3. The second-order valence-electron chi connectivity index (χ2n) is 6.47. The number of hydrogen-bond donors (Lipinski definition) is 1. The molecule has 4 rings (SSSR count). The Hall–Kier alpha value is -4.02. The van der Waals surface area contributed by atoms with Crippen molar-refractivity contribution >= 4 is 11.8 Å². The standard InChI is InChI=1S/C24H16N2O2/c1-2-16-11-12-17(14-25)23(13-16)26-24(27)28-15-22-20-9-5-3-7-18(20)19-8-4-6-10-21(19)22/h1,3-13,22H,15H2,(H,26,27). The Kier molecular flexibility index (Phi) is 4.54. The van der Waals surface area contributed by atoms with Crippen LogP contribution in [0.1, 0.15) is 28.2 Å². The number of amides is 1. The van der Waals surface area contributed by atoms with Gasteiger partial charge in [-0.15, -0.1) is 6.42 Å². The first-order valence-electron chi connectivity index (χ1n) is 8.84. The van der Waals surface area contributed by atoms with E-state index in [9.17, 15) is 10.1 Å². The summed E-state index contributed by atoms with van der Waals surface area (Å²) in [5, 5.41) is 11.9. The molecule has 0 saturated heterocycles. The van der Waals surface area contributed by atoms with Gasteiger partial charge in [0.2, 0.25) is 0 Å². The van der Waals surface area contributed by atoms with Crippen molar-refractivity contribution in [1.82, 2.24) is 0 Å². The molecule has 1 N–H and O–H groups in total. The highest BCUT2D eigenvalue weighted by molar-refractivity contribution is 5.87. The fourth-order valence-electron chi connectivity index (χ4n) is 3.58. The Labute approximate surface area is 163 Å². The van der Waals surface area contributed by atoms with Gasteiger partial charge in [-0.05, 0) is 40.5 Å². The van der Waals surface area contributed by atoms with Gasteiger partial charge in [-0.1, -0.05) is 54.5 Å². The molecule has 0 radical (unpaired) electrons. The molecule has 3 aromatic carbocycles. The van der Waals surface area contributed by atoms with Gasteiger partial charge in [0.25, 0.3) is 0 Å². The van der Waals surface area contributed by atoms with E-state index in [2.05, 4.69) is 35.5 Å². The maximum Gasteiger partial charge on any atom is 0.411 e. The van der Waals surface area contributed by atoms with Crippen LogP contribution in [0.5, 0.6) is 0 Å². The van der Waals surface area contributed by atoms with Crippen molar-refractivity contribution in [3.8, 4) is 29.5 Å². The Balaban J connectivity index is 1.52. The number of ether oxygens (including phenoxy) is 1. The van der Waals surface area contributed by atoms with Gasteiger partial charge in [-0.2, -0.15) is 5.26 Å². The van der Waals surface area contributed by atoms with Gasteiger partial charge in [0.1, 0.15) is 12.7 Å². The third kappa shape index (κ3) is 3.09. The molecular weight excluding hydrogens is 348 g/mol. The molecule has 0 heterocycles. The van der Waals surface area contributed by atoms with E-state index in [1.807, 2.05) is 30.3 Å². The third-order valence-corrected chi connectivity index (χ3v) is 4.89. The van der Waals surface area contributed by atoms with E-state index in [0.29, 0.717) is 16.8 Å². The van der Waals surface area contributed by atoms with Crippen LogP contribution in [0, 0.1) is 23.7 Å². The Bertz CT molecular complexity index is 1110. The molecular formula is C24H16N2O2. The van der Waals surface area contributed by atoms with Crippen LogP contribution in [-0.2, 0) is 4.74 Å². The van der Waals surface area contributed by atoms with Crippen molar-refractivity contribution in [2.24, 2.45) is 0 Å². The van der Waals surface area contributed by atoms with Gasteiger partial charge in [0.15, 0.2) is 0 Å². The predicted octanol–water partition coefficient (Wildman–Crippen LogP) is 4.90. The number of hydrogen-bond acceptors (Lipinski definition) is 3. The zero-order valence-corrected chi connectivity index (χ0v) is 15.0. The van der Waals surface area contributed by atoms with E-state index >= 15 is 0 Å². The summed E-state index contributed by atoms with van der Waals surface area (Å²) in [6.45, 7) is 0.205. The number of nitriles is 1. The number of nitrogens with zero attached hydrogens (tertiary/aromatic N) is 1. The van der Waals surface area contributed by atoms with Crippen LogP contribution in [0.25, 0.3) is 11.1 Å². The molecule has 28 heavy (non-hydrogen) atoms. The van der Waals surface area contributed by atoms with E-state index in [-0.39, 0.29) is 12.5 Å². The van der Waals surface area contributed by atoms with Crippen LogP contribution in [0.15, 0.2) is 66.7 Å². The molecule has 1 aliphatic carbocycles. The fourth-order valence-corrected chi connectivity index (χ4v) is 3.58. The Morgan fingerprint density at radius 2 is 1.68 bits per heavy atom. The zero-order chi connectivity index (χ0) is 19.5. The largest absolute Gasteiger partial charge is 0.448 e. The van der Waals surface area contributed by atoms with Gasteiger partial charge in [-0.3, -0.25) is 5.32 Å². The summed E-state index contributed by atoms with van der Waals surface area (Å²) >= 11 is 0. The molecule has 0 spiro atoms. The topological polar surface area (TPSA) is 62.1 Å². The lowest BCUT2D eigenvalue weighted by atomic mass is 9.98. The summed E-state index contributed by atoms with van der Waals surface area (Å²) in [7, 11) is 0. The van der Waals surface area contributed by atoms with Crippen LogP contribution < -0.4 is 5.32 Å². The highest BCUT2D eigenvalue weighted by atomic mass is 16.5. The monoisotopic (exact) mass is 364 g/mol. The maximum atomic E-state index is 12.4. The van der Waals surface area contributed by atoms with Gasteiger partial charge in [-0.25, -0.2) is 4.79 Å². The minimum absolute atomic E-state index is 0.0226. The molecule has 0 aromatic heterocycles.